The summed E-state index contributed by atoms with van der Waals surface area (Å²) in [4.78, 5) is 36.3. The van der Waals surface area contributed by atoms with Crippen molar-refractivity contribution in [2.75, 3.05) is 13.7 Å². The molecular formula is C20H17ClN2O5S. The van der Waals surface area contributed by atoms with E-state index in [1.165, 1.54) is 7.11 Å². The first-order valence-electron chi connectivity index (χ1n) is 8.46. The minimum absolute atomic E-state index is 0.202. The minimum atomic E-state index is -0.752. The van der Waals surface area contributed by atoms with Crippen LogP contribution in [0, 0.1) is 0 Å². The molecule has 3 amide bonds. The normalized spacial score (nSPS) is 15.1. The Bertz CT molecular complexity index is 991. The molecule has 0 saturated carbocycles. The third-order valence-corrected chi connectivity index (χ3v) is 5.14. The molecule has 1 aliphatic rings. The Morgan fingerprint density at radius 3 is 2.55 bits per heavy atom. The zero-order valence-corrected chi connectivity index (χ0v) is 17.0. The summed E-state index contributed by atoms with van der Waals surface area (Å²) in [5, 5.41) is 0.117. The quantitative estimate of drug-likeness (QED) is 0.673. The van der Waals surface area contributed by atoms with Crippen LogP contribution in [0.25, 0.3) is 6.08 Å². The van der Waals surface area contributed by atoms with Crippen molar-refractivity contribution >= 4 is 46.5 Å². The second kappa shape index (κ2) is 9.02. The smallest absolute Gasteiger partial charge is 0.294 e. The second-order valence-corrected chi connectivity index (χ2v) is 7.49. The molecular weight excluding hydrogens is 416 g/mol. The van der Waals surface area contributed by atoms with Crippen LogP contribution in [0.2, 0.25) is 5.02 Å². The monoisotopic (exact) mass is 432 g/mol. The standard InChI is InChI=1S/C20H17ClN2O5S/c1-27-16-8-13(9-17-19(25)23(10-18(22)24)20(26)29-17)4-7-15(16)28-11-12-2-5-14(21)6-3-12/h2-9H,10-11H2,1H3,(H2,22,24)/b17-9-. The Morgan fingerprint density at radius 1 is 1.17 bits per heavy atom. The molecule has 0 radical (unpaired) electrons. The average Bonchev–Trinajstić information content (AvgIpc) is 2.95. The molecule has 1 heterocycles. The van der Waals surface area contributed by atoms with Gasteiger partial charge < -0.3 is 15.2 Å². The van der Waals surface area contributed by atoms with Crippen molar-refractivity contribution in [3.05, 3.63) is 63.5 Å². The molecule has 0 spiro atoms. The fourth-order valence-electron chi connectivity index (χ4n) is 2.58. The maximum atomic E-state index is 12.3. The van der Waals surface area contributed by atoms with E-state index in [0.29, 0.717) is 28.7 Å². The minimum Gasteiger partial charge on any atom is -0.493 e. The van der Waals surface area contributed by atoms with Gasteiger partial charge in [0, 0.05) is 5.02 Å². The van der Waals surface area contributed by atoms with Crippen molar-refractivity contribution in [3.63, 3.8) is 0 Å². The predicted octanol–water partition coefficient (Wildman–Crippen LogP) is 3.45. The van der Waals surface area contributed by atoms with Gasteiger partial charge in [0.25, 0.3) is 11.1 Å². The number of ether oxygens (including phenoxy) is 2. The molecule has 1 fully saturated rings. The molecule has 0 atom stereocenters. The Hall–Kier alpha value is -2.97. The van der Waals surface area contributed by atoms with Crippen LogP contribution in [-0.2, 0) is 16.2 Å². The van der Waals surface area contributed by atoms with Crippen molar-refractivity contribution in [3.8, 4) is 11.5 Å². The van der Waals surface area contributed by atoms with E-state index in [-0.39, 0.29) is 4.91 Å². The van der Waals surface area contributed by atoms with E-state index in [1.54, 1.807) is 36.4 Å². The highest BCUT2D eigenvalue weighted by Gasteiger charge is 2.35. The summed E-state index contributed by atoms with van der Waals surface area (Å²) in [6.45, 7) is -0.109. The molecule has 0 aromatic heterocycles. The zero-order chi connectivity index (χ0) is 21.0. The molecule has 2 N–H and O–H groups in total. The number of rotatable bonds is 7. The molecule has 0 aliphatic carbocycles. The van der Waals surface area contributed by atoms with Gasteiger partial charge in [0.2, 0.25) is 5.91 Å². The lowest BCUT2D eigenvalue weighted by molar-refractivity contribution is -0.127. The van der Waals surface area contributed by atoms with Crippen molar-refractivity contribution in [1.82, 2.24) is 4.90 Å². The highest BCUT2D eigenvalue weighted by atomic mass is 35.5. The number of carbonyl (C=O) groups excluding carboxylic acids is 3. The van der Waals surface area contributed by atoms with Gasteiger partial charge in [-0.2, -0.15) is 0 Å². The zero-order valence-electron chi connectivity index (χ0n) is 15.4. The Balaban J connectivity index is 1.75. The van der Waals surface area contributed by atoms with Gasteiger partial charge in [0.05, 0.1) is 12.0 Å². The van der Waals surface area contributed by atoms with Gasteiger partial charge >= 0.3 is 0 Å². The van der Waals surface area contributed by atoms with E-state index < -0.39 is 23.6 Å². The van der Waals surface area contributed by atoms with E-state index in [2.05, 4.69) is 0 Å². The first-order valence-corrected chi connectivity index (χ1v) is 9.66. The molecule has 0 bridgehead atoms. The molecule has 2 aromatic carbocycles. The lowest BCUT2D eigenvalue weighted by Crippen LogP contribution is -2.36. The molecule has 2 aromatic rings. The van der Waals surface area contributed by atoms with E-state index in [9.17, 15) is 14.4 Å². The Labute approximate surface area is 176 Å². The number of nitrogens with zero attached hydrogens (tertiary/aromatic N) is 1. The summed E-state index contributed by atoms with van der Waals surface area (Å²) < 4.78 is 11.2. The van der Waals surface area contributed by atoms with Crippen LogP contribution < -0.4 is 15.2 Å². The van der Waals surface area contributed by atoms with Crippen LogP contribution in [-0.4, -0.2) is 35.6 Å². The molecule has 0 unspecified atom stereocenters. The summed E-state index contributed by atoms with van der Waals surface area (Å²) in [5.74, 6) is -0.302. The third-order valence-electron chi connectivity index (χ3n) is 3.98. The largest absolute Gasteiger partial charge is 0.493 e. The van der Waals surface area contributed by atoms with Gasteiger partial charge in [0.15, 0.2) is 11.5 Å². The number of hydrogen-bond acceptors (Lipinski definition) is 6. The van der Waals surface area contributed by atoms with Crippen LogP contribution in [0.1, 0.15) is 11.1 Å². The summed E-state index contributed by atoms with van der Waals surface area (Å²) in [5.41, 5.74) is 6.67. The second-order valence-electron chi connectivity index (χ2n) is 6.06. The van der Waals surface area contributed by atoms with Gasteiger partial charge in [-0.1, -0.05) is 29.8 Å². The first kappa shape index (κ1) is 20.8. The first-order chi connectivity index (χ1) is 13.9. The Morgan fingerprint density at radius 2 is 1.90 bits per heavy atom. The average molecular weight is 433 g/mol. The number of amides is 3. The number of benzene rings is 2. The maximum Gasteiger partial charge on any atom is 0.294 e. The fraction of sp³-hybridized carbons (Fsp3) is 0.150. The number of methoxy groups -OCH3 is 1. The highest BCUT2D eigenvalue weighted by molar-refractivity contribution is 8.18. The molecule has 7 nitrogen and oxygen atoms in total. The van der Waals surface area contributed by atoms with Crippen LogP contribution in [0.5, 0.6) is 11.5 Å². The number of primary amides is 1. The number of thioether (sulfide) groups is 1. The molecule has 150 valence electrons. The van der Waals surface area contributed by atoms with Crippen molar-refractivity contribution in [2.24, 2.45) is 5.73 Å². The maximum absolute atomic E-state index is 12.3. The molecule has 1 saturated heterocycles. The summed E-state index contributed by atoms with van der Waals surface area (Å²) >= 11 is 6.63. The number of hydrogen-bond donors (Lipinski definition) is 1. The van der Waals surface area contributed by atoms with Crippen molar-refractivity contribution in [2.45, 2.75) is 6.61 Å². The third kappa shape index (κ3) is 5.10. The van der Waals surface area contributed by atoms with Crippen LogP contribution in [0.15, 0.2) is 47.4 Å². The van der Waals surface area contributed by atoms with Gasteiger partial charge in [0.1, 0.15) is 13.2 Å². The lowest BCUT2D eigenvalue weighted by atomic mass is 10.1. The summed E-state index contributed by atoms with van der Waals surface area (Å²) in [6, 6.07) is 12.4. The van der Waals surface area contributed by atoms with Gasteiger partial charge in [-0.05, 0) is 53.2 Å². The number of nitrogens with two attached hydrogens (primary N) is 1. The lowest BCUT2D eigenvalue weighted by Gasteiger charge is -2.12. The van der Waals surface area contributed by atoms with Gasteiger partial charge in [-0.25, -0.2) is 0 Å². The van der Waals surface area contributed by atoms with Gasteiger partial charge in [-0.3, -0.25) is 19.3 Å². The SMILES string of the molecule is COc1cc(/C=C2\SC(=O)N(CC(N)=O)C2=O)ccc1OCc1ccc(Cl)cc1. The highest BCUT2D eigenvalue weighted by Crippen LogP contribution is 2.34. The number of halogens is 1. The fourth-order valence-corrected chi connectivity index (χ4v) is 3.54. The van der Waals surface area contributed by atoms with Crippen LogP contribution in [0.4, 0.5) is 4.79 Å². The van der Waals surface area contributed by atoms with E-state index in [0.717, 1.165) is 22.2 Å². The summed E-state index contributed by atoms with van der Waals surface area (Å²) in [6.07, 6.45) is 1.55. The van der Waals surface area contributed by atoms with Crippen LogP contribution >= 0.6 is 23.4 Å². The van der Waals surface area contributed by atoms with E-state index in [1.807, 2.05) is 12.1 Å². The number of imide groups is 1. The molecule has 3 rings (SSSR count). The summed E-state index contributed by atoms with van der Waals surface area (Å²) in [7, 11) is 1.51. The van der Waals surface area contributed by atoms with Gasteiger partial charge in [-0.15, -0.1) is 0 Å². The van der Waals surface area contributed by atoms with Crippen molar-refractivity contribution in [1.29, 1.82) is 0 Å². The molecule has 1 aliphatic heterocycles. The Kier molecular flexibility index (Phi) is 6.46. The van der Waals surface area contributed by atoms with Crippen molar-refractivity contribution < 1.29 is 23.9 Å². The van der Waals surface area contributed by atoms with Crippen LogP contribution in [0.3, 0.4) is 0 Å². The predicted molar refractivity (Wildman–Crippen MR) is 111 cm³/mol. The molecule has 29 heavy (non-hydrogen) atoms. The van der Waals surface area contributed by atoms with E-state index >= 15 is 0 Å². The van der Waals surface area contributed by atoms with E-state index in [4.69, 9.17) is 26.8 Å². The topological polar surface area (TPSA) is 98.9 Å². The number of carbonyl (C=O) groups is 3. The molecule has 9 heteroatoms.